The quantitative estimate of drug-likeness (QED) is 0.905. The zero-order valence-corrected chi connectivity index (χ0v) is 12.8. The van der Waals surface area contributed by atoms with E-state index in [1.165, 1.54) is 5.56 Å². The van der Waals surface area contributed by atoms with E-state index in [0.29, 0.717) is 11.8 Å². The van der Waals surface area contributed by atoms with Crippen LogP contribution in [0.5, 0.6) is 0 Å². The van der Waals surface area contributed by atoms with Gasteiger partial charge in [-0.05, 0) is 36.7 Å². The highest BCUT2D eigenvalue weighted by Crippen LogP contribution is 2.48. The van der Waals surface area contributed by atoms with Crippen molar-refractivity contribution in [2.24, 2.45) is 17.3 Å². The van der Waals surface area contributed by atoms with Crippen LogP contribution < -0.4 is 0 Å². The van der Waals surface area contributed by atoms with Gasteiger partial charge in [0.1, 0.15) is 0 Å². The molecule has 1 aliphatic heterocycles. The van der Waals surface area contributed by atoms with Crippen LogP contribution in [-0.2, 0) is 11.2 Å². The number of aliphatic carboxylic acids is 1. The molecule has 21 heavy (non-hydrogen) atoms. The van der Waals surface area contributed by atoms with E-state index in [1.54, 1.807) is 0 Å². The summed E-state index contributed by atoms with van der Waals surface area (Å²) < 4.78 is 0. The summed E-state index contributed by atoms with van der Waals surface area (Å²) >= 11 is 0. The molecular weight excluding hydrogens is 262 g/mol. The van der Waals surface area contributed by atoms with Crippen LogP contribution in [0, 0.1) is 17.3 Å². The van der Waals surface area contributed by atoms with Gasteiger partial charge in [-0.25, -0.2) is 0 Å². The Morgan fingerprint density at radius 3 is 2.86 bits per heavy atom. The molecule has 1 unspecified atom stereocenters. The van der Waals surface area contributed by atoms with Crippen LogP contribution in [0.1, 0.15) is 31.7 Å². The molecule has 0 bridgehead atoms. The number of hydrogen-bond acceptors (Lipinski definition) is 2. The van der Waals surface area contributed by atoms with Crippen LogP contribution in [0.25, 0.3) is 0 Å². The van der Waals surface area contributed by atoms with Crippen molar-refractivity contribution < 1.29 is 9.90 Å². The number of carbonyl (C=O) groups is 1. The van der Waals surface area contributed by atoms with Crippen LogP contribution in [0.2, 0.25) is 0 Å². The van der Waals surface area contributed by atoms with Gasteiger partial charge in [-0.15, -0.1) is 0 Å². The van der Waals surface area contributed by atoms with E-state index in [0.717, 1.165) is 45.3 Å². The predicted octanol–water partition coefficient (Wildman–Crippen LogP) is 3.05. The monoisotopic (exact) mass is 287 g/mol. The molecule has 2 fully saturated rings. The third kappa shape index (κ3) is 2.84. The third-order valence-electron chi connectivity index (χ3n) is 5.36. The number of fused-ring (bicyclic) bond motifs is 1. The fourth-order valence-corrected chi connectivity index (χ4v) is 4.40. The molecule has 3 nitrogen and oxygen atoms in total. The van der Waals surface area contributed by atoms with Gasteiger partial charge in [-0.2, -0.15) is 0 Å². The van der Waals surface area contributed by atoms with Crippen molar-refractivity contribution in [1.82, 2.24) is 4.90 Å². The van der Waals surface area contributed by atoms with E-state index >= 15 is 0 Å². The highest BCUT2D eigenvalue weighted by Gasteiger charge is 2.54. The van der Waals surface area contributed by atoms with Crippen LogP contribution in [0.15, 0.2) is 30.3 Å². The molecule has 2 aliphatic rings. The van der Waals surface area contributed by atoms with Crippen molar-refractivity contribution in [3.8, 4) is 0 Å². The molecule has 1 aliphatic carbocycles. The number of rotatable bonds is 5. The number of nitrogens with zero attached hydrogens (tertiary/aromatic N) is 1. The van der Waals surface area contributed by atoms with Gasteiger partial charge >= 0.3 is 5.97 Å². The molecule has 1 aromatic rings. The van der Waals surface area contributed by atoms with E-state index in [2.05, 4.69) is 36.1 Å². The molecule has 1 aromatic carbocycles. The lowest BCUT2D eigenvalue weighted by atomic mass is 9.81. The number of carboxylic acid groups (broad SMARTS) is 1. The summed E-state index contributed by atoms with van der Waals surface area (Å²) in [7, 11) is 0. The molecule has 1 saturated heterocycles. The van der Waals surface area contributed by atoms with Gasteiger partial charge in [0.25, 0.3) is 0 Å². The Balaban J connectivity index is 1.58. The SMILES string of the molecule is CC(Cc1ccccc1)CN1C[C@@H]2CCC[C@@]2(C(=O)O)C1. The molecule has 3 atom stereocenters. The van der Waals surface area contributed by atoms with E-state index in [4.69, 9.17) is 0 Å². The lowest BCUT2D eigenvalue weighted by Crippen LogP contribution is -2.36. The molecule has 114 valence electrons. The zero-order valence-electron chi connectivity index (χ0n) is 12.8. The van der Waals surface area contributed by atoms with Crippen LogP contribution in [0.3, 0.4) is 0 Å². The summed E-state index contributed by atoms with van der Waals surface area (Å²) in [5.41, 5.74) is 0.935. The minimum absolute atomic E-state index is 0.374. The summed E-state index contributed by atoms with van der Waals surface area (Å²) in [5, 5.41) is 9.63. The molecule has 3 heteroatoms. The summed E-state index contributed by atoms with van der Waals surface area (Å²) in [6.45, 7) is 5.02. The fraction of sp³-hybridized carbons (Fsp3) is 0.611. The van der Waals surface area contributed by atoms with Crippen molar-refractivity contribution in [3.63, 3.8) is 0 Å². The largest absolute Gasteiger partial charge is 0.481 e. The number of hydrogen-bond donors (Lipinski definition) is 1. The van der Waals surface area contributed by atoms with Crippen molar-refractivity contribution in [3.05, 3.63) is 35.9 Å². The Bertz CT molecular complexity index is 501. The van der Waals surface area contributed by atoms with Gasteiger partial charge < -0.3 is 10.0 Å². The maximum atomic E-state index is 11.7. The van der Waals surface area contributed by atoms with Crippen LogP contribution >= 0.6 is 0 Å². The average Bonchev–Trinajstić information content (AvgIpc) is 2.97. The van der Waals surface area contributed by atoms with Gasteiger partial charge in [-0.3, -0.25) is 4.79 Å². The zero-order chi connectivity index (χ0) is 14.9. The number of likely N-dealkylation sites (tertiary alicyclic amines) is 1. The van der Waals surface area contributed by atoms with Crippen molar-refractivity contribution in [1.29, 1.82) is 0 Å². The molecule has 0 spiro atoms. The first-order valence-corrected chi connectivity index (χ1v) is 8.10. The van der Waals surface area contributed by atoms with E-state index in [1.807, 2.05) is 6.07 Å². The second-order valence-corrected chi connectivity index (χ2v) is 7.04. The Kier molecular flexibility index (Phi) is 4.03. The van der Waals surface area contributed by atoms with E-state index in [-0.39, 0.29) is 0 Å². The highest BCUT2D eigenvalue weighted by molar-refractivity contribution is 5.76. The Hall–Kier alpha value is -1.35. The Morgan fingerprint density at radius 1 is 1.43 bits per heavy atom. The molecule has 3 rings (SSSR count). The third-order valence-corrected chi connectivity index (χ3v) is 5.36. The minimum Gasteiger partial charge on any atom is -0.481 e. The van der Waals surface area contributed by atoms with Crippen molar-refractivity contribution >= 4 is 5.97 Å². The average molecular weight is 287 g/mol. The van der Waals surface area contributed by atoms with E-state index < -0.39 is 11.4 Å². The lowest BCUT2D eigenvalue weighted by Gasteiger charge is -2.25. The number of carboxylic acids is 1. The minimum atomic E-state index is -0.566. The topological polar surface area (TPSA) is 40.5 Å². The first kappa shape index (κ1) is 14.6. The maximum Gasteiger partial charge on any atom is 0.311 e. The molecule has 0 amide bonds. The molecule has 0 radical (unpaired) electrons. The molecular formula is C18H25NO2. The van der Waals surface area contributed by atoms with E-state index in [9.17, 15) is 9.90 Å². The highest BCUT2D eigenvalue weighted by atomic mass is 16.4. The fourth-order valence-electron chi connectivity index (χ4n) is 4.40. The number of benzene rings is 1. The Morgan fingerprint density at radius 2 is 2.19 bits per heavy atom. The standard InChI is InChI=1S/C18H25NO2/c1-14(10-15-6-3-2-4-7-15)11-19-12-16-8-5-9-18(16,13-19)17(20)21/h2-4,6-7,14,16H,5,8-13H2,1H3,(H,20,21)/t14?,16-,18+/m0/s1. The smallest absolute Gasteiger partial charge is 0.311 e. The normalized spacial score (nSPS) is 30.2. The summed E-state index contributed by atoms with van der Waals surface area (Å²) in [5.74, 6) is 0.374. The van der Waals surface area contributed by atoms with Gasteiger partial charge in [0.05, 0.1) is 5.41 Å². The predicted molar refractivity (Wildman–Crippen MR) is 83.2 cm³/mol. The summed E-state index contributed by atoms with van der Waals surface area (Å²) in [6, 6.07) is 10.6. The maximum absolute atomic E-state index is 11.7. The van der Waals surface area contributed by atoms with Gasteiger partial charge in [0, 0.05) is 19.6 Å². The van der Waals surface area contributed by atoms with Gasteiger partial charge in [0.2, 0.25) is 0 Å². The van der Waals surface area contributed by atoms with Gasteiger partial charge in [0.15, 0.2) is 0 Å². The molecule has 0 aromatic heterocycles. The lowest BCUT2D eigenvalue weighted by molar-refractivity contribution is -0.149. The van der Waals surface area contributed by atoms with Crippen LogP contribution in [-0.4, -0.2) is 35.6 Å². The van der Waals surface area contributed by atoms with Crippen molar-refractivity contribution in [2.45, 2.75) is 32.6 Å². The second-order valence-electron chi connectivity index (χ2n) is 7.04. The van der Waals surface area contributed by atoms with Gasteiger partial charge in [-0.1, -0.05) is 43.7 Å². The summed E-state index contributed by atoms with van der Waals surface area (Å²) in [4.78, 5) is 14.1. The van der Waals surface area contributed by atoms with Crippen LogP contribution in [0.4, 0.5) is 0 Å². The first-order valence-electron chi connectivity index (χ1n) is 8.10. The molecule has 1 heterocycles. The Labute approximate surface area is 127 Å². The summed E-state index contributed by atoms with van der Waals surface area (Å²) in [6.07, 6.45) is 4.12. The first-order chi connectivity index (χ1) is 10.1. The van der Waals surface area contributed by atoms with Crippen molar-refractivity contribution in [2.75, 3.05) is 19.6 Å². The molecule has 1 N–H and O–H groups in total. The molecule has 1 saturated carbocycles. The second kappa shape index (κ2) is 5.80.